The van der Waals surface area contributed by atoms with Crippen molar-refractivity contribution in [2.24, 2.45) is 11.5 Å². The van der Waals surface area contributed by atoms with Gasteiger partial charge in [0.1, 0.15) is 0 Å². The molecule has 1 atom stereocenters. The molecule has 0 heterocycles. The molecule has 2 amide bonds. The molecule has 6 heteroatoms. The molecular weight excluding hydrogens is 186 g/mol. The number of carboxylic acid groups (broad SMARTS) is 1. The van der Waals surface area contributed by atoms with Gasteiger partial charge >= 0.3 is 12.0 Å². The molecule has 0 aliphatic carbocycles. The largest absolute Gasteiger partial charge is 0.481 e. The van der Waals surface area contributed by atoms with E-state index < -0.39 is 12.0 Å². The van der Waals surface area contributed by atoms with Crippen LogP contribution in [0.1, 0.15) is 25.7 Å². The van der Waals surface area contributed by atoms with E-state index >= 15 is 0 Å². The predicted octanol–water partition coefficient (Wildman–Crippen LogP) is -0.373. The third kappa shape index (κ3) is 8.79. The first-order valence-corrected chi connectivity index (χ1v) is 4.53. The molecule has 0 aromatic rings. The van der Waals surface area contributed by atoms with Crippen molar-refractivity contribution in [1.82, 2.24) is 5.32 Å². The molecule has 0 bridgehead atoms. The summed E-state index contributed by atoms with van der Waals surface area (Å²) < 4.78 is 0. The monoisotopic (exact) mass is 203 g/mol. The van der Waals surface area contributed by atoms with Crippen LogP contribution in [0.25, 0.3) is 0 Å². The quantitative estimate of drug-likeness (QED) is 0.422. The minimum Gasteiger partial charge on any atom is -0.481 e. The van der Waals surface area contributed by atoms with E-state index in [1.165, 1.54) is 0 Å². The average Bonchev–Trinajstić information content (AvgIpc) is 2.08. The number of carbonyl (C=O) groups is 2. The van der Waals surface area contributed by atoms with Crippen LogP contribution in [-0.2, 0) is 4.79 Å². The van der Waals surface area contributed by atoms with E-state index in [0.29, 0.717) is 25.8 Å². The Morgan fingerprint density at radius 2 is 2.00 bits per heavy atom. The van der Waals surface area contributed by atoms with Crippen LogP contribution in [0.2, 0.25) is 0 Å². The molecule has 0 aliphatic rings. The maximum Gasteiger partial charge on any atom is 0.312 e. The fourth-order valence-corrected chi connectivity index (χ4v) is 1.03. The van der Waals surface area contributed by atoms with E-state index in [0.717, 1.165) is 0 Å². The van der Waals surface area contributed by atoms with Crippen LogP contribution in [-0.4, -0.2) is 29.7 Å². The highest BCUT2D eigenvalue weighted by Gasteiger charge is 2.05. The number of aliphatic carboxylic acids is 1. The zero-order valence-electron chi connectivity index (χ0n) is 8.03. The molecule has 0 spiro atoms. The topological polar surface area (TPSA) is 118 Å². The van der Waals surface area contributed by atoms with Gasteiger partial charge in [-0.25, -0.2) is 4.79 Å². The van der Waals surface area contributed by atoms with Crippen molar-refractivity contribution in [3.05, 3.63) is 0 Å². The molecule has 6 N–H and O–H groups in total. The maximum absolute atomic E-state index is 10.3. The molecule has 0 rings (SSSR count). The van der Waals surface area contributed by atoms with Crippen LogP contribution in [0.4, 0.5) is 4.79 Å². The van der Waals surface area contributed by atoms with Crippen LogP contribution in [0, 0.1) is 0 Å². The van der Waals surface area contributed by atoms with Crippen LogP contribution in [0.3, 0.4) is 0 Å². The summed E-state index contributed by atoms with van der Waals surface area (Å²) in [7, 11) is 0. The van der Waals surface area contributed by atoms with Crippen molar-refractivity contribution in [3.8, 4) is 0 Å². The number of nitrogens with two attached hydrogens (primary N) is 2. The summed E-state index contributed by atoms with van der Waals surface area (Å²) >= 11 is 0. The zero-order valence-corrected chi connectivity index (χ0v) is 8.03. The van der Waals surface area contributed by atoms with E-state index in [1.807, 2.05) is 0 Å². The van der Waals surface area contributed by atoms with Crippen LogP contribution >= 0.6 is 0 Å². The first-order chi connectivity index (χ1) is 6.52. The second-order valence-corrected chi connectivity index (χ2v) is 3.13. The highest BCUT2D eigenvalue weighted by Crippen LogP contribution is 2.01. The minimum atomic E-state index is -0.837. The van der Waals surface area contributed by atoms with Crippen LogP contribution < -0.4 is 16.8 Å². The minimum absolute atomic E-state index is 0.0877. The highest BCUT2D eigenvalue weighted by atomic mass is 16.4. The molecule has 0 saturated heterocycles. The molecule has 0 aromatic heterocycles. The van der Waals surface area contributed by atoms with Gasteiger partial charge in [-0.1, -0.05) is 0 Å². The van der Waals surface area contributed by atoms with Gasteiger partial charge in [-0.05, 0) is 19.3 Å². The van der Waals surface area contributed by atoms with Gasteiger partial charge in [-0.2, -0.15) is 0 Å². The Hall–Kier alpha value is -1.30. The van der Waals surface area contributed by atoms with Gasteiger partial charge in [0, 0.05) is 19.0 Å². The molecule has 0 aromatic carbocycles. The summed E-state index contributed by atoms with van der Waals surface area (Å²) in [6.07, 6.45) is 1.95. The molecular formula is C8H17N3O3. The van der Waals surface area contributed by atoms with Gasteiger partial charge in [0.25, 0.3) is 0 Å². The summed E-state index contributed by atoms with van der Waals surface area (Å²) in [5, 5.41) is 10.8. The second kappa shape index (κ2) is 7.14. The number of carbonyl (C=O) groups excluding carboxylic acids is 1. The number of hydrogen-bond acceptors (Lipinski definition) is 3. The molecule has 14 heavy (non-hydrogen) atoms. The number of hydrogen-bond donors (Lipinski definition) is 4. The van der Waals surface area contributed by atoms with Crippen molar-refractivity contribution in [1.29, 1.82) is 0 Å². The van der Waals surface area contributed by atoms with E-state index in [1.54, 1.807) is 0 Å². The second-order valence-electron chi connectivity index (χ2n) is 3.13. The molecule has 0 unspecified atom stereocenters. The molecule has 0 aliphatic heterocycles. The Kier molecular flexibility index (Phi) is 6.47. The lowest BCUT2D eigenvalue weighted by Crippen LogP contribution is -2.31. The van der Waals surface area contributed by atoms with Crippen molar-refractivity contribution >= 4 is 12.0 Å². The standard InChI is InChI=1S/C8H17N3O3/c9-6(3-4-7(12)13)2-1-5-11-8(10)14/h6H,1-5,9H2,(H,12,13)(H3,10,11,14)/t6-/m0/s1. The summed E-state index contributed by atoms with van der Waals surface area (Å²) in [5.74, 6) is -0.837. The highest BCUT2D eigenvalue weighted by molar-refractivity contribution is 5.71. The molecule has 82 valence electrons. The Morgan fingerprint density at radius 1 is 1.36 bits per heavy atom. The Labute approximate surface area is 82.6 Å². The lowest BCUT2D eigenvalue weighted by molar-refractivity contribution is -0.137. The van der Waals surface area contributed by atoms with Crippen molar-refractivity contribution < 1.29 is 14.7 Å². The Morgan fingerprint density at radius 3 is 2.50 bits per heavy atom. The van der Waals surface area contributed by atoms with Gasteiger partial charge in [0.2, 0.25) is 0 Å². The SMILES string of the molecule is NC(=O)NCCC[C@H](N)CCC(=O)O. The smallest absolute Gasteiger partial charge is 0.312 e. The first-order valence-electron chi connectivity index (χ1n) is 4.53. The molecule has 0 fully saturated rings. The third-order valence-corrected chi connectivity index (χ3v) is 1.78. The molecule has 0 saturated carbocycles. The van der Waals surface area contributed by atoms with Crippen molar-refractivity contribution in [2.75, 3.05) is 6.54 Å². The lowest BCUT2D eigenvalue weighted by Gasteiger charge is -2.09. The van der Waals surface area contributed by atoms with Crippen molar-refractivity contribution in [2.45, 2.75) is 31.7 Å². The van der Waals surface area contributed by atoms with E-state index in [4.69, 9.17) is 16.6 Å². The van der Waals surface area contributed by atoms with Gasteiger partial charge in [0.05, 0.1) is 0 Å². The number of primary amides is 1. The third-order valence-electron chi connectivity index (χ3n) is 1.78. The number of rotatable bonds is 7. The first kappa shape index (κ1) is 12.7. The van der Waals surface area contributed by atoms with Gasteiger partial charge < -0.3 is 21.9 Å². The van der Waals surface area contributed by atoms with Crippen LogP contribution in [0.15, 0.2) is 0 Å². The molecule has 6 nitrogen and oxygen atoms in total. The van der Waals surface area contributed by atoms with Crippen LogP contribution in [0.5, 0.6) is 0 Å². The summed E-state index contributed by atoms with van der Waals surface area (Å²) in [5.41, 5.74) is 10.5. The number of nitrogens with one attached hydrogen (secondary N) is 1. The zero-order chi connectivity index (χ0) is 11.0. The van der Waals surface area contributed by atoms with Crippen molar-refractivity contribution in [3.63, 3.8) is 0 Å². The van der Waals surface area contributed by atoms with Gasteiger partial charge in [-0.3, -0.25) is 4.79 Å². The van der Waals surface area contributed by atoms with E-state index in [-0.39, 0.29) is 12.5 Å². The Bertz CT molecular complexity index is 196. The predicted molar refractivity (Wildman–Crippen MR) is 51.7 cm³/mol. The number of carboxylic acids is 1. The van der Waals surface area contributed by atoms with Gasteiger partial charge in [0.15, 0.2) is 0 Å². The fraction of sp³-hybridized carbons (Fsp3) is 0.750. The summed E-state index contributed by atoms with van der Waals surface area (Å²) in [4.78, 5) is 20.5. The number of amides is 2. The normalized spacial score (nSPS) is 12.1. The Balaban J connectivity index is 3.30. The summed E-state index contributed by atoms with van der Waals surface area (Å²) in [6.45, 7) is 0.482. The average molecular weight is 203 g/mol. The van der Waals surface area contributed by atoms with Gasteiger partial charge in [-0.15, -0.1) is 0 Å². The maximum atomic E-state index is 10.3. The fourth-order valence-electron chi connectivity index (χ4n) is 1.03. The summed E-state index contributed by atoms with van der Waals surface area (Å²) in [6, 6.07) is -0.676. The molecule has 0 radical (unpaired) electrons. The van der Waals surface area contributed by atoms with E-state index in [2.05, 4.69) is 5.32 Å². The van der Waals surface area contributed by atoms with E-state index in [9.17, 15) is 9.59 Å². The lowest BCUT2D eigenvalue weighted by atomic mass is 10.1. The number of urea groups is 1.